The Labute approximate surface area is 182 Å². The number of halogens is 4. The molecule has 0 aliphatic heterocycles. The number of carbonyl (C=O) groups is 1. The lowest BCUT2D eigenvalue weighted by atomic mass is 10.1. The molecule has 0 bridgehead atoms. The zero-order valence-electron chi connectivity index (χ0n) is 15.8. The van der Waals surface area contributed by atoms with Gasteiger partial charge in [-0.3, -0.25) is 0 Å². The van der Waals surface area contributed by atoms with E-state index in [2.05, 4.69) is 9.72 Å². The van der Waals surface area contributed by atoms with Crippen molar-refractivity contribution in [2.75, 3.05) is 20.6 Å². The Hall–Kier alpha value is -2.27. The van der Waals surface area contributed by atoms with Gasteiger partial charge in [0.05, 0.1) is 20.6 Å². The van der Waals surface area contributed by atoms with Crippen molar-refractivity contribution in [3.8, 4) is 11.5 Å². The Morgan fingerprint density at radius 1 is 1.07 bits per heavy atom. The van der Waals surface area contributed by atoms with Crippen LogP contribution < -0.4 is 38.4 Å². The van der Waals surface area contributed by atoms with Gasteiger partial charge < -0.3 is 43.3 Å². The van der Waals surface area contributed by atoms with Gasteiger partial charge in [-0.1, -0.05) is 18.2 Å². The zero-order valence-corrected chi connectivity index (χ0v) is 17.9. The van der Waals surface area contributed by atoms with Gasteiger partial charge in [0.15, 0.2) is 0 Å². The number of benzene rings is 2. The molecule has 0 saturated heterocycles. The van der Waals surface area contributed by atoms with E-state index in [4.69, 9.17) is 4.74 Å². The first kappa shape index (κ1) is 23.0. The van der Waals surface area contributed by atoms with E-state index < -0.39 is 18.1 Å². The summed E-state index contributed by atoms with van der Waals surface area (Å²) in [5.74, 6) is -1.23. The molecule has 1 aromatic heterocycles. The summed E-state index contributed by atoms with van der Waals surface area (Å²) in [6, 6.07) is 10.3. The molecule has 3 aromatic rings. The van der Waals surface area contributed by atoms with Gasteiger partial charge in [0.2, 0.25) is 0 Å². The molecule has 0 unspecified atom stereocenters. The van der Waals surface area contributed by atoms with Crippen LogP contribution in [0.1, 0.15) is 15.9 Å². The molecule has 0 atom stereocenters. The molecule has 0 fully saturated rings. The van der Waals surface area contributed by atoms with Crippen molar-refractivity contribution in [2.45, 2.75) is 12.8 Å². The van der Waals surface area contributed by atoms with E-state index in [1.807, 2.05) is 26.4 Å². The number of aromatic nitrogens is 1. The average Bonchev–Trinajstić information content (AvgIpc) is 3.03. The van der Waals surface area contributed by atoms with E-state index in [1.54, 1.807) is 12.1 Å². The molecule has 0 saturated carbocycles. The molecule has 1 heterocycles. The summed E-state index contributed by atoms with van der Waals surface area (Å²) in [5.41, 5.74) is 1.46. The number of H-pyrrole nitrogens is 1. The lowest BCUT2D eigenvalue weighted by Gasteiger charge is -2.13. The van der Waals surface area contributed by atoms with Crippen molar-refractivity contribution in [1.82, 2.24) is 4.98 Å². The van der Waals surface area contributed by atoms with Crippen LogP contribution in [0.2, 0.25) is 0 Å². The molecule has 2 aromatic carbocycles. The first-order valence-corrected chi connectivity index (χ1v) is 8.69. The van der Waals surface area contributed by atoms with E-state index in [9.17, 15) is 18.0 Å². The third kappa shape index (κ3) is 5.86. The van der Waals surface area contributed by atoms with Crippen molar-refractivity contribution < 1.29 is 56.3 Å². The Balaban J connectivity index is 0.00000300. The number of aromatic amines is 1. The molecule has 0 radical (unpaired) electrons. The van der Waals surface area contributed by atoms with Crippen LogP contribution in [0.5, 0.6) is 11.5 Å². The minimum atomic E-state index is -4.90. The second-order valence-electron chi connectivity index (χ2n) is 6.63. The second kappa shape index (κ2) is 9.49. The van der Waals surface area contributed by atoms with Crippen LogP contribution in [0.4, 0.5) is 13.2 Å². The molecule has 0 aliphatic rings. The maximum absolute atomic E-state index is 12.6. The maximum Gasteiger partial charge on any atom is 0.573 e. The summed E-state index contributed by atoms with van der Waals surface area (Å²) in [4.78, 5) is 17.0. The van der Waals surface area contributed by atoms with Gasteiger partial charge in [0, 0.05) is 23.5 Å². The molecule has 0 aliphatic carbocycles. The predicted octanol–water partition coefficient (Wildman–Crippen LogP) is -0.0233. The number of alkyl halides is 3. The van der Waals surface area contributed by atoms with Crippen LogP contribution in [-0.2, 0) is 6.42 Å². The average molecular weight is 520 g/mol. The maximum atomic E-state index is 12.6. The topological polar surface area (TPSA) is 55.8 Å². The highest BCUT2D eigenvalue weighted by molar-refractivity contribution is 5.97. The van der Waals surface area contributed by atoms with Crippen molar-refractivity contribution in [1.29, 1.82) is 0 Å². The smallest absolute Gasteiger partial charge is 0.573 e. The number of esters is 1. The summed E-state index contributed by atoms with van der Waals surface area (Å²) in [6.45, 7) is 0.873. The van der Waals surface area contributed by atoms with Gasteiger partial charge in [0.1, 0.15) is 17.1 Å². The van der Waals surface area contributed by atoms with Gasteiger partial charge in [-0.05, 0) is 29.8 Å². The van der Waals surface area contributed by atoms with E-state index in [0.29, 0.717) is 0 Å². The molecule has 0 amide bonds. The Morgan fingerprint density at radius 3 is 2.45 bits per heavy atom. The van der Waals surface area contributed by atoms with E-state index in [-0.39, 0.29) is 35.3 Å². The normalized spacial score (nSPS) is 11.4. The first-order chi connectivity index (χ1) is 13.2. The number of hydrogen-bond acceptors (Lipinski definition) is 3. The molecule has 3 rings (SSSR count). The zero-order chi connectivity index (χ0) is 20.3. The van der Waals surface area contributed by atoms with E-state index >= 15 is 0 Å². The number of carbonyl (C=O) groups excluding carboxylic acids is 1. The summed E-state index contributed by atoms with van der Waals surface area (Å²) in [5, 5.41) is 0.742. The second-order valence-corrected chi connectivity index (χ2v) is 6.63. The monoisotopic (exact) mass is 520 g/mol. The standard InChI is InChI=1S/C20H19F3N2O3.HI/c1-25(2)11-10-13-12-24-15-7-5-9-17(18(13)15)27-19(26)14-6-3-4-8-16(14)28-20(21,22)23;/h3-9,12,24H,10-11H2,1-2H3;1H. The highest BCUT2D eigenvalue weighted by Gasteiger charge is 2.33. The fraction of sp³-hybridized carbons (Fsp3) is 0.250. The van der Waals surface area contributed by atoms with E-state index in [0.717, 1.165) is 35.5 Å². The number of hydrogen-bond donors (Lipinski definition) is 2. The van der Waals surface area contributed by atoms with Crippen molar-refractivity contribution >= 4 is 16.9 Å². The predicted molar refractivity (Wildman–Crippen MR) is 97.8 cm³/mol. The van der Waals surface area contributed by atoms with Gasteiger partial charge in [-0.25, -0.2) is 4.79 Å². The number of likely N-dealkylation sites (N-methyl/N-ethyl adjacent to an activating group) is 1. The molecule has 9 heteroatoms. The third-order valence-electron chi connectivity index (χ3n) is 4.18. The lowest BCUT2D eigenvalue weighted by Crippen LogP contribution is -3.05. The third-order valence-corrected chi connectivity index (χ3v) is 4.18. The van der Waals surface area contributed by atoms with Gasteiger partial charge in [-0.2, -0.15) is 0 Å². The molecular formula is C20H20F3IN2O3. The minimum absolute atomic E-state index is 0. The molecule has 5 nitrogen and oxygen atoms in total. The molecular weight excluding hydrogens is 500 g/mol. The van der Waals surface area contributed by atoms with Crippen molar-refractivity contribution in [3.05, 3.63) is 59.8 Å². The Kier molecular flexibility index (Phi) is 7.53. The minimum Gasteiger partial charge on any atom is -1.00 e. The lowest BCUT2D eigenvalue weighted by molar-refractivity contribution is -0.858. The van der Waals surface area contributed by atoms with Crippen LogP contribution in [0.3, 0.4) is 0 Å². The van der Waals surface area contributed by atoms with Crippen LogP contribution in [0, 0.1) is 0 Å². The Morgan fingerprint density at radius 2 is 1.76 bits per heavy atom. The molecule has 0 spiro atoms. The molecule has 156 valence electrons. The number of nitrogens with one attached hydrogen (secondary N) is 2. The quantitative estimate of drug-likeness (QED) is 0.273. The number of rotatable bonds is 6. The summed E-state index contributed by atoms with van der Waals surface area (Å²) in [6.07, 6.45) is -2.30. The summed E-state index contributed by atoms with van der Waals surface area (Å²) in [7, 11) is 4.07. The van der Waals surface area contributed by atoms with Crippen LogP contribution in [-0.4, -0.2) is 38.0 Å². The molecule has 29 heavy (non-hydrogen) atoms. The molecule has 2 N–H and O–H groups in total. The number of ether oxygens (including phenoxy) is 2. The number of fused-ring (bicyclic) bond motifs is 1. The van der Waals surface area contributed by atoms with Crippen molar-refractivity contribution in [2.24, 2.45) is 0 Å². The highest BCUT2D eigenvalue weighted by Crippen LogP contribution is 2.31. The largest absolute Gasteiger partial charge is 1.00 e. The summed E-state index contributed by atoms with van der Waals surface area (Å²) >= 11 is 0. The van der Waals surface area contributed by atoms with Crippen molar-refractivity contribution in [3.63, 3.8) is 0 Å². The Bertz CT molecular complexity index is 987. The first-order valence-electron chi connectivity index (χ1n) is 8.69. The summed E-state index contributed by atoms with van der Waals surface area (Å²) < 4.78 is 47.2. The fourth-order valence-electron chi connectivity index (χ4n) is 2.89. The van der Waals surface area contributed by atoms with Gasteiger partial charge in [-0.15, -0.1) is 13.2 Å². The van der Waals surface area contributed by atoms with E-state index in [1.165, 1.54) is 23.1 Å². The fourth-order valence-corrected chi connectivity index (χ4v) is 2.89. The number of para-hydroxylation sites is 1. The van der Waals surface area contributed by atoms with Gasteiger partial charge >= 0.3 is 12.3 Å². The van der Waals surface area contributed by atoms with Crippen LogP contribution in [0.25, 0.3) is 10.9 Å². The SMILES string of the molecule is C[NH+](C)CCc1c[nH]c2cccc(OC(=O)c3ccccc3OC(F)(F)F)c12.[I-]. The van der Waals surface area contributed by atoms with Gasteiger partial charge in [0.25, 0.3) is 0 Å². The van der Waals surface area contributed by atoms with Crippen LogP contribution >= 0.6 is 0 Å². The highest BCUT2D eigenvalue weighted by atomic mass is 127. The van der Waals surface area contributed by atoms with Crippen LogP contribution in [0.15, 0.2) is 48.7 Å². The number of quaternary nitrogens is 1.